The Kier molecular flexibility index (Phi) is 5.08. The SMILES string of the molecule is O=C(C=Cc1cccc([N+](=O)[O-])c1)Nc1ccc2nn(-c3cccc4ccccc34)nc2c1. The first-order valence-corrected chi connectivity index (χ1v) is 10.2. The predicted octanol–water partition coefficient (Wildman–Crippen LogP) is 5.13. The topological polar surface area (TPSA) is 103 Å². The van der Waals surface area contributed by atoms with E-state index in [0.29, 0.717) is 22.3 Å². The van der Waals surface area contributed by atoms with Crippen LogP contribution in [-0.4, -0.2) is 25.8 Å². The van der Waals surface area contributed by atoms with Crippen molar-refractivity contribution in [1.82, 2.24) is 15.0 Å². The highest BCUT2D eigenvalue weighted by molar-refractivity contribution is 6.02. The van der Waals surface area contributed by atoms with Crippen molar-refractivity contribution in [3.8, 4) is 5.69 Å². The number of nitrogens with one attached hydrogen (secondary N) is 1. The van der Waals surface area contributed by atoms with E-state index in [9.17, 15) is 14.9 Å². The lowest BCUT2D eigenvalue weighted by Gasteiger charge is -2.04. The van der Waals surface area contributed by atoms with Crippen LogP contribution < -0.4 is 5.32 Å². The van der Waals surface area contributed by atoms with Crippen molar-refractivity contribution in [2.45, 2.75) is 0 Å². The Morgan fingerprint density at radius 3 is 2.58 bits per heavy atom. The molecule has 1 amide bonds. The number of fused-ring (bicyclic) bond motifs is 2. The first-order valence-electron chi connectivity index (χ1n) is 10.2. The molecule has 4 aromatic carbocycles. The van der Waals surface area contributed by atoms with Crippen LogP contribution in [0.5, 0.6) is 0 Å². The summed E-state index contributed by atoms with van der Waals surface area (Å²) in [6.07, 6.45) is 2.86. The number of benzene rings is 4. The first kappa shape index (κ1) is 20.1. The molecule has 5 aromatic rings. The molecule has 0 radical (unpaired) electrons. The maximum atomic E-state index is 12.3. The normalized spacial score (nSPS) is 11.3. The van der Waals surface area contributed by atoms with Crippen molar-refractivity contribution < 1.29 is 9.72 Å². The molecule has 8 heteroatoms. The molecule has 0 spiro atoms. The van der Waals surface area contributed by atoms with Gasteiger partial charge in [-0.25, -0.2) is 0 Å². The maximum Gasteiger partial charge on any atom is 0.270 e. The van der Waals surface area contributed by atoms with E-state index in [1.165, 1.54) is 24.3 Å². The molecule has 1 aromatic heterocycles. The minimum Gasteiger partial charge on any atom is -0.322 e. The Hall–Kier alpha value is -4.85. The van der Waals surface area contributed by atoms with Gasteiger partial charge in [0.15, 0.2) is 0 Å². The summed E-state index contributed by atoms with van der Waals surface area (Å²) in [5.41, 5.74) is 3.32. The van der Waals surface area contributed by atoms with E-state index in [1.54, 1.807) is 35.1 Å². The number of nitro benzene ring substituents is 1. The van der Waals surface area contributed by atoms with Gasteiger partial charge in [-0.15, -0.1) is 15.0 Å². The fourth-order valence-electron chi connectivity index (χ4n) is 3.58. The van der Waals surface area contributed by atoms with E-state index in [4.69, 9.17) is 0 Å². The predicted molar refractivity (Wildman–Crippen MR) is 127 cm³/mol. The van der Waals surface area contributed by atoms with E-state index in [1.807, 2.05) is 42.5 Å². The van der Waals surface area contributed by atoms with Gasteiger partial charge in [0, 0.05) is 29.3 Å². The molecule has 0 saturated carbocycles. The zero-order valence-corrected chi connectivity index (χ0v) is 17.3. The Labute approximate surface area is 187 Å². The second kappa shape index (κ2) is 8.35. The van der Waals surface area contributed by atoms with Crippen LogP contribution in [0.1, 0.15) is 5.56 Å². The van der Waals surface area contributed by atoms with Crippen molar-refractivity contribution in [3.05, 3.63) is 107 Å². The largest absolute Gasteiger partial charge is 0.322 e. The molecule has 8 nitrogen and oxygen atoms in total. The maximum absolute atomic E-state index is 12.3. The number of aromatic nitrogens is 3. The molecule has 160 valence electrons. The molecular formula is C25H17N5O3. The quantitative estimate of drug-likeness (QED) is 0.234. The van der Waals surface area contributed by atoms with Gasteiger partial charge in [-0.05, 0) is 41.3 Å². The average Bonchev–Trinajstić information content (AvgIpc) is 3.26. The molecule has 1 heterocycles. The van der Waals surface area contributed by atoms with Gasteiger partial charge in [0.2, 0.25) is 5.91 Å². The number of nitrogens with zero attached hydrogens (tertiary/aromatic N) is 4. The minimum absolute atomic E-state index is 0.0303. The zero-order valence-electron chi connectivity index (χ0n) is 17.3. The van der Waals surface area contributed by atoms with Gasteiger partial charge in [0.05, 0.1) is 10.6 Å². The van der Waals surface area contributed by atoms with Crippen LogP contribution in [-0.2, 0) is 4.79 Å². The van der Waals surface area contributed by atoms with E-state index < -0.39 is 4.92 Å². The van der Waals surface area contributed by atoms with Crippen molar-refractivity contribution in [3.63, 3.8) is 0 Å². The van der Waals surface area contributed by atoms with Gasteiger partial charge in [-0.3, -0.25) is 14.9 Å². The number of hydrogen-bond donors (Lipinski definition) is 1. The Morgan fingerprint density at radius 2 is 1.70 bits per heavy atom. The summed E-state index contributed by atoms with van der Waals surface area (Å²) >= 11 is 0. The highest BCUT2D eigenvalue weighted by Crippen LogP contribution is 2.23. The summed E-state index contributed by atoms with van der Waals surface area (Å²) in [4.78, 5) is 24.4. The number of rotatable bonds is 5. The van der Waals surface area contributed by atoms with Crippen molar-refractivity contribution in [1.29, 1.82) is 0 Å². The van der Waals surface area contributed by atoms with Crippen LogP contribution in [0.4, 0.5) is 11.4 Å². The highest BCUT2D eigenvalue weighted by Gasteiger charge is 2.09. The number of nitro groups is 1. The summed E-state index contributed by atoms with van der Waals surface area (Å²) in [6, 6.07) is 25.4. The molecule has 0 bridgehead atoms. The third-order valence-corrected chi connectivity index (χ3v) is 5.14. The van der Waals surface area contributed by atoms with Gasteiger partial charge < -0.3 is 5.32 Å². The molecule has 0 saturated heterocycles. The molecule has 33 heavy (non-hydrogen) atoms. The van der Waals surface area contributed by atoms with Crippen LogP contribution >= 0.6 is 0 Å². The number of anilines is 1. The summed E-state index contributed by atoms with van der Waals surface area (Å²) in [7, 11) is 0. The standard InChI is InChI=1S/C25H17N5O3/c31-25(14-11-17-5-3-8-20(15-17)30(32)33)26-19-12-13-22-23(16-19)28-29(27-22)24-10-4-7-18-6-1-2-9-21(18)24/h1-16H,(H,26,31). The number of hydrogen-bond acceptors (Lipinski definition) is 5. The van der Waals surface area contributed by atoms with Crippen LogP contribution in [0, 0.1) is 10.1 Å². The molecule has 0 aliphatic heterocycles. The number of amides is 1. The third-order valence-electron chi connectivity index (χ3n) is 5.14. The average molecular weight is 435 g/mol. The smallest absolute Gasteiger partial charge is 0.270 e. The molecule has 5 rings (SSSR count). The van der Waals surface area contributed by atoms with Gasteiger partial charge in [0.25, 0.3) is 5.69 Å². The van der Waals surface area contributed by atoms with E-state index >= 15 is 0 Å². The van der Waals surface area contributed by atoms with Crippen LogP contribution in [0.25, 0.3) is 33.6 Å². The summed E-state index contributed by atoms with van der Waals surface area (Å²) in [5, 5.41) is 25.0. The van der Waals surface area contributed by atoms with E-state index in [0.717, 1.165) is 16.5 Å². The molecule has 0 fully saturated rings. The van der Waals surface area contributed by atoms with Gasteiger partial charge in [-0.1, -0.05) is 48.5 Å². The van der Waals surface area contributed by atoms with E-state index in [2.05, 4.69) is 15.5 Å². The zero-order chi connectivity index (χ0) is 22.8. The molecule has 0 aliphatic rings. The van der Waals surface area contributed by atoms with Gasteiger partial charge in [-0.2, -0.15) is 0 Å². The minimum atomic E-state index is -0.474. The number of carbonyl (C=O) groups excluding carboxylic acids is 1. The summed E-state index contributed by atoms with van der Waals surface area (Å²) < 4.78 is 0. The van der Waals surface area contributed by atoms with Crippen molar-refractivity contribution >= 4 is 45.2 Å². The molecular weight excluding hydrogens is 418 g/mol. The fourth-order valence-corrected chi connectivity index (χ4v) is 3.58. The van der Waals surface area contributed by atoms with Crippen molar-refractivity contribution in [2.75, 3.05) is 5.32 Å². The van der Waals surface area contributed by atoms with Gasteiger partial charge >= 0.3 is 0 Å². The van der Waals surface area contributed by atoms with Crippen molar-refractivity contribution in [2.24, 2.45) is 0 Å². The Bertz CT molecular complexity index is 1550. The molecule has 0 atom stereocenters. The van der Waals surface area contributed by atoms with E-state index in [-0.39, 0.29) is 11.6 Å². The monoisotopic (exact) mass is 435 g/mol. The summed E-state index contributed by atoms with van der Waals surface area (Å²) in [5.74, 6) is -0.359. The van der Waals surface area contributed by atoms with Crippen LogP contribution in [0.3, 0.4) is 0 Å². The third kappa shape index (κ3) is 4.17. The lowest BCUT2D eigenvalue weighted by atomic mass is 10.1. The summed E-state index contributed by atoms with van der Waals surface area (Å²) in [6.45, 7) is 0. The van der Waals surface area contributed by atoms with Gasteiger partial charge in [0.1, 0.15) is 11.0 Å². The Balaban J connectivity index is 1.37. The fraction of sp³-hybridized carbons (Fsp3) is 0. The molecule has 1 N–H and O–H groups in total. The molecule has 0 unspecified atom stereocenters. The molecule has 0 aliphatic carbocycles. The second-order valence-corrected chi connectivity index (χ2v) is 7.37. The lowest BCUT2D eigenvalue weighted by Crippen LogP contribution is -2.07. The van der Waals surface area contributed by atoms with Crippen LogP contribution in [0.2, 0.25) is 0 Å². The number of carbonyl (C=O) groups is 1. The lowest BCUT2D eigenvalue weighted by molar-refractivity contribution is -0.384. The van der Waals surface area contributed by atoms with Crippen LogP contribution in [0.15, 0.2) is 91.0 Å². The Morgan fingerprint density at radius 1 is 0.909 bits per heavy atom. The first-order chi connectivity index (χ1) is 16.1. The highest BCUT2D eigenvalue weighted by atomic mass is 16.6. The number of non-ortho nitro benzene ring substituents is 1. The second-order valence-electron chi connectivity index (χ2n) is 7.37.